The Hall–Kier alpha value is -0.810. The van der Waals surface area contributed by atoms with E-state index >= 15 is 0 Å². The zero-order valence-corrected chi connectivity index (χ0v) is 10.7. The second kappa shape index (κ2) is 4.59. The molecule has 0 aliphatic carbocycles. The van der Waals surface area contributed by atoms with Gasteiger partial charge in [0.05, 0.1) is 10.7 Å². The molecule has 1 aromatic carbocycles. The first-order valence-electron chi connectivity index (χ1n) is 4.51. The topological polar surface area (TPSA) is 50.9 Å². The summed E-state index contributed by atoms with van der Waals surface area (Å²) in [6.45, 7) is 1.97. The number of halogens is 2. The average molecular weight is 274 g/mol. The number of nitrogens with one attached hydrogen (secondary N) is 1. The molecule has 0 bridgehead atoms. The third-order valence-corrected chi connectivity index (χ3v) is 3.56. The fraction of sp³-hybridized carbons (Fsp3) is 0.100. The van der Waals surface area contributed by atoms with Gasteiger partial charge in [0.15, 0.2) is 5.13 Å². The maximum atomic E-state index is 6.12. The molecule has 0 spiro atoms. The number of aromatic nitrogens is 1. The number of hydrazine groups is 1. The van der Waals surface area contributed by atoms with Gasteiger partial charge in [0, 0.05) is 15.5 Å². The lowest BCUT2D eigenvalue weighted by Gasteiger charge is -2.02. The molecule has 3 nitrogen and oxygen atoms in total. The number of nitrogen functional groups attached to an aromatic ring is 1. The Bertz CT molecular complexity index is 525. The highest BCUT2D eigenvalue weighted by atomic mass is 35.5. The quantitative estimate of drug-likeness (QED) is 0.648. The van der Waals surface area contributed by atoms with E-state index in [1.807, 2.05) is 13.0 Å². The van der Waals surface area contributed by atoms with Crippen LogP contribution in [-0.4, -0.2) is 4.98 Å². The minimum Gasteiger partial charge on any atom is -0.300 e. The van der Waals surface area contributed by atoms with Gasteiger partial charge in [-0.1, -0.05) is 23.2 Å². The molecular weight excluding hydrogens is 265 g/mol. The van der Waals surface area contributed by atoms with Crippen molar-refractivity contribution >= 4 is 39.7 Å². The fourth-order valence-corrected chi connectivity index (χ4v) is 2.63. The molecule has 0 unspecified atom stereocenters. The van der Waals surface area contributed by atoms with E-state index in [0.717, 1.165) is 16.1 Å². The molecule has 0 radical (unpaired) electrons. The second-order valence-electron chi connectivity index (χ2n) is 3.19. The van der Waals surface area contributed by atoms with Gasteiger partial charge in [0.2, 0.25) is 0 Å². The Morgan fingerprint density at radius 1 is 1.38 bits per heavy atom. The number of hydrogen-bond acceptors (Lipinski definition) is 4. The number of nitrogens with two attached hydrogens (primary N) is 1. The largest absolute Gasteiger partial charge is 0.300 e. The van der Waals surface area contributed by atoms with Crippen LogP contribution in [0.25, 0.3) is 11.3 Å². The molecular formula is C10H9Cl2N3S. The number of rotatable bonds is 2. The van der Waals surface area contributed by atoms with Gasteiger partial charge >= 0.3 is 0 Å². The Labute approximate surface area is 107 Å². The lowest BCUT2D eigenvalue weighted by Crippen LogP contribution is -2.05. The van der Waals surface area contributed by atoms with Crippen LogP contribution >= 0.6 is 34.5 Å². The van der Waals surface area contributed by atoms with Crippen LogP contribution in [0.15, 0.2) is 18.2 Å². The molecule has 1 heterocycles. The van der Waals surface area contributed by atoms with Gasteiger partial charge < -0.3 is 0 Å². The first-order valence-corrected chi connectivity index (χ1v) is 6.08. The van der Waals surface area contributed by atoms with Crippen LogP contribution in [0, 0.1) is 6.92 Å². The van der Waals surface area contributed by atoms with E-state index in [9.17, 15) is 0 Å². The zero-order valence-electron chi connectivity index (χ0n) is 8.42. The average Bonchev–Trinajstić information content (AvgIpc) is 2.60. The minimum absolute atomic E-state index is 0.587. The summed E-state index contributed by atoms with van der Waals surface area (Å²) in [6, 6.07) is 5.34. The van der Waals surface area contributed by atoms with Crippen LogP contribution in [0.1, 0.15) is 4.88 Å². The first-order chi connectivity index (χ1) is 7.61. The molecule has 3 N–H and O–H groups in total. The maximum Gasteiger partial charge on any atom is 0.197 e. The minimum atomic E-state index is 0.587. The standard InChI is InChI=1S/C10H9Cl2N3S/c1-5-9(14-10(15-13)16-5)7-3-2-6(11)4-8(7)12/h2-4H,13H2,1H3,(H,14,15). The highest BCUT2D eigenvalue weighted by molar-refractivity contribution is 7.15. The molecule has 0 saturated carbocycles. The fourth-order valence-electron chi connectivity index (χ4n) is 1.39. The van der Waals surface area contributed by atoms with E-state index in [0.29, 0.717) is 15.2 Å². The van der Waals surface area contributed by atoms with Crippen molar-refractivity contribution in [3.63, 3.8) is 0 Å². The molecule has 0 fully saturated rings. The maximum absolute atomic E-state index is 6.12. The Balaban J connectivity index is 2.53. The lowest BCUT2D eigenvalue weighted by molar-refractivity contribution is 1.28. The van der Waals surface area contributed by atoms with Gasteiger partial charge in [-0.05, 0) is 25.1 Å². The van der Waals surface area contributed by atoms with E-state index in [1.54, 1.807) is 12.1 Å². The summed E-state index contributed by atoms with van der Waals surface area (Å²) in [5, 5.41) is 1.86. The molecule has 0 aliphatic rings. The molecule has 0 amide bonds. The van der Waals surface area contributed by atoms with Crippen LogP contribution in [0.5, 0.6) is 0 Å². The monoisotopic (exact) mass is 273 g/mol. The Morgan fingerprint density at radius 3 is 2.69 bits per heavy atom. The normalized spacial score (nSPS) is 10.5. The predicted molar refractivity (Wildman–Crippen MR) is 70.1 cm³/mol. The number of thiazole rings is 1. The van der Waals surface area contributed by atoms with Crippen LogP contribution in [0.4, 0.5) is 5.13 Å². The molecule has 2 rings (SSSR count). The third-order valence-electron chi connectivity index (χ3n) is 2.11. The van der Waals surface area contributed by atoms with Gasteiger partial charge in [-0.25, -0.2) is 10.8 Å². The van der Waals surface area contributed by atoms with Gasteiger partial charge in [-0.15, -0.1) is 11.3 Å². The van der Waals surface area contributed by atoms with Crippen LogP contribution in [0.3, 0.4) is 0 Å². The first kappa shape index (κ1) is 11.7. The highest BCUT2D eigenvalue weighted by Gasteiger charge is 2.12. The van der Waals surface area contributed by atoms with E-state index in [2.05, 4.69) is 10.4 Å². The molecule has 6 heteroatoms. The summed E-state index contributed by atoms with van der Waals surface area (Å²) < 4.78 is 0. The molecule has 0 saturated heterocycles. The van der Waals surface area contributed by atoms with Crippen molar-refractivity contribution in [3.05, 3.63) is 33.1 Å². The van der Waals surface area contributed by atoms with E-state index in [-0.39, 0.29) is 0 Å². The van der Waals surface area contributed by atoms with Gasteiger partial charge in [0.1, 0.15) is 0 Å². The molecule has 1 aromatic heterocycles. The summed E-state index contributed by atoms with van der Waals surface area (Å²) in [6.07, 6.45) is 0. The predicted octanol–water partition coefficient (Wildman–Crippen LogP) is 3.71. The van der Waals surface area contributed by atoms with Gasteiger partial charge in [0.25, 0.3) is 0 Å². The van der Waals surface area contributed by atoms with Gasteiger partial charge in [-0.3, -0.25) is 5.43 Å². The van der Waals surface area contributed by atoms with Crippen molar-refractivity contribution in [1.29, 1.82) is 0 Å². The van der Waals surface area contributed by atoms with E-state index in [4.69, 9.17) is 29.0 Å². The SMILES string of the molecule is Cc1sc(NN)nc1-c1ccc(Cl)cc1Cl. The number of hydrogen-bond donors (Lipinski definition) is 2. The van der Waals surface area contributed by atoms with Crippen LogP contribution in [0.2, 0.25) is 10.0 Å². The summed E-state index contributed by atoms with van der Waals surface area (Å²) in [7, 11) is 0. The molecule has 16 heavy (non-hydrogen) atoms. The smallest absolute Gasteiger partial charge is 0.197 e. The molecule has 84 valence electrons. The summed E-state index contributed by atoms with van der Waals surface area (Å²) in [4.78, 5) is 5.40. The Kier molecular flexibility index (Phi) is 3.35. The number of aryl methyl sites for hydroxylation is 1. The van der Waals surface area contributed by atoms with Crippen molar-refractivity contribution in [2.45, 2.75) is 6.92 Å². The molecule has 0 aliphatic heterocycles. The third kappa shape index (κ3) is 2.15. The number of anilines is 1. The summed E-state index contributed by atoms with van der Waals surface area (Å²) in [5.41, 5.74) is 4.22. The van der Waals surface area contributed by atoms with Crippen molar-refractivity contribution in [1.82, 2.24) is 4.98 Å². The Morgan fingerprint density at radius 2 is 2.12 bits per heavy atom. The summed E-state index contributed by atoms with van der Waals surface area (Å²) >= 11 is 13.4. The molecule has 2 aromatic rings. The van der Waals surface area contributed by atoms with Crippen molar-refractivity contribution in [2.75, 3.05) is 5.43 Å². The van der Waals surface area contributed by atoms with E-state index in [1.165, 1.54) is 11.3 Å². The lowest BCUT2D eigenvalue weighted by atomic mass is 10.1. The van der Waals surface area contributed by atoms with Crippen molar-refractivity contribution < 1.29 is 0 Å². The highest BCUT2D eigenvalue weighted by Crippen LogP contribution is 2.35. The van der Waals surface area contributed by atoms with Crippen LogP contribution in [-0.2, 0) is 0 Å². The van der Waals surface area contributed by atoms with Gasteiger partial charge in [-0.2, -0.15) is 0 Å². The number of nitrogens with zero attached hydrogens (tertiary/aromatic N) is 1. The van der Waals surface area contributed by atoms with Crippen molar-refractivity contribution in [3.8, 4) is 11.3 Å². The van der Waals surface area contributed by atoms with E-state index < -0.39 is 0 Å². The van der Waals surface area contributed by atoms with Crippen LogP contribution < -0.4 is 11.3 Å². The summed E-state index contributed by atoms with van der Waals surface area (Å²) in [5.74, 6) is 5.32. The molecule has 0 atom stereocenters. The van der Waals surface area contributed by atoms with Crippen molar-refractivity contribution in [2.24, 2.45) is 5.84 Å². The zero-order chi connectivity index (χ0) is 11.7. The second-order valence-corrected chi connectivity index (χ2v) is 5.24. The number of benzene rings is 1.